The van der Waals surface area contributed by atoms with E-state index >= 15 is 0 Å². The Labute approximate surface area is 260 Å². The molecule has 15 heteroatoms. The smallest absolute Gasteiger partial charge is 0.490 e. The van der Waals surface area contributed by atoms with Crippen LogP contribution < -0.4 is 25.8 Å². The molecule has 0 spiro atoms. The number of carboxylic acids is 1. The number of hydrogen-bond donors (Lipinski definition) is 4. The minimum Gasteiger partial charge on any atom is -0.493 e. The number of ether oxygens (including phenoxy) is 3. The highest BCUT2D eigenvalue weighted by Gasteiger charge is 2.38. The van der Waals surface area contributed by atoms with E-state index in [9.17, 15) is 27.2 Å². The average Bonchev–Trinajstić information content (AvgIpc) is 3.03. The Hall–Kier alpha value is -5.60. The highest BCUT2D eigenvalue weighted by Crippen LogP contribution is 2.33. The first-order valence-electron chi connectivity index (χ1n) is 13.3. The first-order valence-corrected chi connectivity index (χ1v) is 13.3. The number of carboxylic acid groups (broad SMARTS) is 1. The zero-order chi connectivity index (χ0) is 34.0. The molecule has 1 aromatic heterocycles. The summed E-state index contributed by atoms with van der Waals surface area (Å²) in [5.41, 5.74) is 7.32. The Morgan fingerprint density at radius 1 is 0.957 bits per heavy atom. The van der Waals surface area contributed by atoms with E-state index in [0.717, 1.165) is 10.8 Å². The highest BCUT2D eigenvalue weighted by molar-refractivity contribution is 5.94. The van der Waals surface area contributed by atoms with Crippen molar-refractivity contribution >= 4 is 40.1 Å². The molecule has 46 heavy (non-hydrogen) atoms. The van der Waals surface area contributed by atoms with Gasteiger partial charge in [0.05, 0.1) is 33.8 Å². The summed E-state index contributed by atoms with van der Waals surface area (Å²) in [5, 5.41) is 14.8. The molecule has 2 atom stereocenters. The summed E-state index contributed by atoms with van der Waals surface area (Å²) in [6.45, 7) is 0. The van der Waals surface area contributed by atoms with Crippen LogP contribution >= 0.6 is 0 Å². The number of benzene rings is 3. The van der Waals surface area contributed by atoms with Crippen molar-refractivity contribution in [1.29, 1.82) is 0 Å². The minimum absolute atomic E-state index is 0.163. The Kier molecular flexibility index (Phi) is 11.7. The molecular formula is C31H30F4N4O7. The molecule has 0 fully saturated rings. The van der Waals surface area contributed by atoms with E-state index in [4.69, 9.17) is 29.8 Å². The van der Waals surface area contributed by atoms with E-state index in [1.165, 1.54) is 39.5 Å². The normalized spacial score (nSPS) is 12.2. The Bertz CT molecular complexity index is 1700. The van der Waals surface area contributed by atoms with Gasteiger partial charge >= 0.3 is 18.1 Å². The Balaban J connectivity index is 0.000000738. The second-order valence-electron chi connectivity index (χ2n) is 9.49. The number of nitrogens with zero attached hydrogens (tertiary/aromatic N) is 1. The number of fused-ring (bicyclic) bond motifs is 1. The van der Waals surface area contributed by atoms with Gasteiger partial charge in [-0.3, -0.25) is 9.59 Å². The summed E-state index contributed by atoms with van der Waals surface area (Å²) in [7, 11) is 4.25. The summed E-state index contributed by atoms with van der Waals surface area (Å²) in [5.74, 6) is -3.11. The molecule has 4 rings (SSSR count). The Morgan fingerprint density at radius 2 is 1.63 bits per heavy atom. The van der Waals surface area contributed by atoms with Crippen LogP contribution in [0.3, 0.4) is 0 Å². The zero-order valence-corrected chi connectivity index (χ0v) is 24.7. The molecule has 0 aliphatic carbocycles. The van der Waals surface area contributed by atoms with Crippen molar-refractivity contribution in [3.8, 4) is 11.5 Å². The molecule has 1 amide bonds. The number of hydrogen-bond acceptors (Lipinski definition) is 9. The van der Waals surface area contributed by atoms with Crippen LogP contribution in [0.15, 0.2) is 72.9 Å². The average molecular weight is 647 g/mol. The van der Waals surface area contributed by atoms with E-state index in [1.807, 2.05) is 18.2 Å². The maximum atomic E-state index is 14.7. The van der Waals surface area contributed by atoms with Crippen molar-refractivity contribution in [3.05, 3.63) is 89.9 Å². The number of carbonyl (C=O) groups excluding carboxylic acids is 2. The van der Waals surface area contributed by atoms with E-state index in [0.29, 0.717) is 28.6 Å². The lowest BCUT2D eigenvalue weighted by atomic mass is 10.00. The van der Waals surface area contributed by atoms with E-state index < -0.39 is 41.9 Å². The van der Waals surface area contributed by atoms with Gasteiger partial charge in [-0.15, -0.1) is 0 Å². The van der Waals surface area contributed by atoms with Gasteiger partial charge in [-0.2, -0.15) is 13.2 Å². The standard InChI is InChI=1S/C29H29FN4O5.C2HF3O2/c1-37-24-11-8-18(15-25(24)38-2)27(33-19-9-10-20-17(14-19)12-13-32-28(20)31)29(36)34-23(16-26(35)39-3)21-6-4-5-7-22(21)30;3-2(4,5)1(6)7/h4-15,23,27,33H,16H2,1-3H3,(H2,31,32)(H,34,36);(H,6,7)/t23?,27-;/m1./s1. The van der Waals surface area contributed by atoms with Crippen molar-refractivity contribution in [2.75, 3.05) is 32.4 Å². The SMILES string of the molecule is COC(=O)CC(NC(=O)[C@H](Nc1ccc2c(N)nccc2c1)c1ccc(OC)c(OC)c1)c1ccccc1F.O=C(O)C(F)(F)F. The molecule has 0 saturated carbocycles. The molecular weight excluding hydrogens is 616 g/mol. The number of esters is 1. The van der Waals surface area contributed by atoms with Gasteiger partial charge in [-0.25, -0.2) is 14.2 Å². The third kappa shape index (κ3) is 8.97. The van der Waals surface area contributed by atoms with Crippen LogP contribution in [0.5, 0.6) is 11.5 Å². The van der Waals surface area contributed by atoms with Crippen LogP contribution in [-0.4, -0.2) is 55.4 Å². The summed E-state index contributed by atoms with van der Waals surface area (Å²) in [6.07, 6.45) is -3.74. The second-order valence-corrected chi connectivity index (χ2v) is 9.49. The minimum atomic E-state index is -5.08. The molecule has 0 radical (unpaired) electrons. The van der Waals surface area contributed by atoms with Crippen LogP contribution in [0.25, 0.3) is 10.8 Å². The van der Waals surface area contributed by atoms with Gasteiger partial charge < -0.3 is 35.7 Å². The van der Waals surface area contributed by atoms with Crippen LogP contribution in [0.4, 0.5) is 29.1 Å². The predicted molar refractivity (Wildman–Crippen MR) is 160 cm³/mol. The summed E-state index contributed by atoms with van der Waals surface area (Å²) in [6, 6.07) is 16.3. The van der Waals surface area contributed by atoms with Crippen molar-refractivity contribution < 1.29 is 51.3 Å². The fraction of sp³-hybridized carbons (Fsp3) is 0.226. The second kappa shape index (κ2) is 15.4. The van der Waals surface area contributed by atoms with Gasteiger partial charge in [-0.05, 0) is 53.4 Å². The van der Waals surface area contributed by atoms with Crippen LogP contribution in [-0.2, 0) is 19.1 Å². The first-order chi connectivity index (χ1) is 21.8. The number of nitrogen functional groups attached to an aromatic ring is 1. The Morgan fingerprint density at radius 3 is 2.24 bits per heavy atom. The summed E-state index contributed by atoms with van der Waals surface area (Å²) >= 11 is 0. The monoisotopic (exact) mass is 646 g/mol. The van der Waals surface area contributed by atoms with Crippen LogP contribution in [0.2, 0.25) is 0 Å². The molecule has 0 saturated heterocycles. The number of methoxy groups -OCH3 is 3. The number of nitrogens with one attached hydrogen (secondary N) is 2. The number of anilines is 2. The molecule has 3 aromatic carbocycles. The summed E-state index contributed by atoms with van der Waals surface area (Å²) in [4.78, 5) is 39.0. The molecule has 244 valence electrons. The summed E-state index contributed by atoms with van der Waals surface area (Å²) < 4.78 is 62.0. The van der Waals surface area contributed by atoms with E-state index in [2.05, 4.69) is 15.6 Å². The lowest BCUT2D eigenvalue weighted by molar-refractivity contribution is -0.192. The van der Waals surface area contributed by atoms with Gasteiger partial charge in [-0.1, -0.05) is 24.3 Å². The molecule has 5 N–H and O–H groups in total. The van der Waals surface area contributed by atoms with E-state index in [1.54, 1.807) is 36.5 Å². The zero-order valence-electron chi connectivity index (χ0n) is 24.7. The van der Waals surface area contributed by atoms with Gasteiger partial charge in [0.2, 0.25) is 5.91 Å². The van der Waals surface area contributed by atoms with Gasteiger partial charge in [0.1, 0.15) is 17.7 Å². The highest BCUT2D eigenvalue weighted by atomic mass is 19.4. The van der Waals surface area contributed by atoms with Gasteiger partial charge in [0, 0.05) is 22.8 Å². The van der Waals surface area contributed by atoms with Crippen molar-refractivity contribution in [2.45, 2.75) is 24.7 Å². The predicted octanol–water partition coefficient (Wildman–Crippen LogP) is 5.18. The van der Waals surface area contributed by atoms with Gasteiger partial charge in [0.15, 0.2) is 11.5 Å². The van der Waals surface area contributed by atoms with Crippen LogP contribution in [0, 0.1) is 5.82 Å². The molecule has 11 nitrogen and oxygen atoms in total. The molecule has 4 aromatic rings. The molecule has 1 heterocycles. The quantitative estimate of drug-likeness (QED) is 0.133. The number of aliphatic carboxylic acids is 1. The van der Waals surface area contributed by atoms with E-state index in [-0.39, 0.29) is 12.0 Å². The number of halogens is 4. The number of carbonyl (C=O) groups is 3. The number of nitrogens with two attached hydrogens (primary N) is 1. The topological polar surface area (TPSA) is 162 Å². The number of amides is 1. The van der Waals surface area contributed by atoms with Crippen molar-refractivity contribution in [3.63, 3.8) is 0 Å². The molecule has 0 bridgehead atoms. The maximum absolute atomic E-state index is 14.7. The number of rotatable bonds is 10. The third-order valence-corrected chi connectivity index (χ3v) is 6.55. The number of alkyl halides is 3. The van der Waals surface area contributed by atoms with Crippen molar-refractivity contribution in [1.82, 2.24) is 10.3 Å². The number of aromatic nitrogens is 1. The van der Waals surface area contributed by atoms with Gasteiger partial charge in [0.25, 0.3) is 0 Å². The fourth-order valence-corrected chi connectivity index (χ4v) is 4.29. The lowest BCUT2D eigenvalue weighted by Crippen LogP contribution is -2.37. The van der Waals surface area contributed by atoms with Crippen molar-refractivity contribution in [2.24, 2.45) is 0 Å². The van der Waals surface area contributed by atoms with Crippen LogP contribution in [0.1, 0.15) is 29.6 Å². The molecule has 0 aliphatic rings. The third-order valence-electron chi connectivity index (χ3n) is 6.55. The lowest BCUT2D eigenvalue weighted by Gasteiger charge is -2.25. The molecule has 1 unspecified atom stereocenters. The largest absolute Gasteiger partial charge is 0.493 e. The maximum Gasteiger partial charge on any atom is 0.490 e. The molecule has 0 aliphatic heterocycles. The first kappa shape index (κ1) is 34.9. The fourth-order valence-electron chi connectivity index (χ4n) is 4.29. The number of pyridine rings is 1.